The van der Waals surface area contributed by atoms with Gasteiger partial charge in [0.05, 0.1) is 13.2 Å². The molecule has 2 fully saturated rings. The van der Waals surface area contributed by atoms with Gasteiger partial charge in [-0.15, -0.1) is 0 Å². The second-order valence-corrected chi connectivity index (χ2v) is 4.99. The molecule has 0 amide bonds. The van der Waals surface area contributed by atoms with Crippen LogP contribution in [0.5, 0.6) is 0 Å². The summed E-state index contributed by atoms with van der Waals surface area (Å²) < 4.78 is 5.36. The number of likely N-dealkylation sites (tertiary alicyclic amines) is 1. The molecule has 2 heterocycles. The third-order valence-electron chi connectivity index (χ3n) is 3.82. The molecule has 0 saturated carbocycles. The number of nitrogens with zero attached hydrogens (tertiary/aromatic N) is 2. The highest BCUT2D eigenvalue weighted by Crippen LogP contribution is 2.21. The van der Waals surface area contributed by atoms with E-state index in [0.29, 0.717) is 0 Å². The lowest BCUT2D eigenvalue weighted by Crippen LogP contribution is -2.55. The van der Waals surface area contributed by atoms with Gasteiger partial charge in [-0.1, -0.05) is 6.92 Å². The first-order valence-electron chi connectivity index (χ1n) is 6.33. The number of rotatable bonds is 4. The van der Waals surface area contributed by atoms with Crippen LogP contribution in [0.4, 0.5) is 0 Å². The van der Waals surface area contributed by atoms with E-state index in [4.69, 9.17) is 4.74 Å². The first-order valence-corrected chi connectivity index (χ1v) is 6.33. The summed E-state index contributed by atoms with van der Waals surface area (Å²) in [5.41, 5.74) is 0. The second kappa shape index (κ2) is 5.28. The first kappa shape index (κ1) is 11.4. The summed E-state index contributed by atoms with van der Waals surface area (Å²) >= 11 is 0. The average molecular weight is 212 g/mol. The van der Waals surface area contributed by atoms with Crippen molar-refractivity contribution >= 4 is 0 Å². The molecule has 88 valence electrons. The van der Waals surface area contributed by atoms with Gasteiger partial charge >= 0.3 is 0 Å². The van der Waals surface area contributed by atoms with Crippen LogP contribution in [0.3, 0.4) is 0 Å². The molecule has 0 aromatic carbocycles. The predicted molar refractivity (Wildman–Crippen MR) is 62.1 cm³/mol. The molecular weight excluding hydrogens is 188 g/mol. The smallest absolute Gasteiger partial charge is 0.0594 e. The predicted octanol–water partition coefficient (Wildman–Crippen LogP) is 1.05. The van der Waals surface area contributed by atoms with Gasteiger partial charge in [-0.05, 0) is 19.3 Å². The number of morpholine rings is 1. The molecule has 2 aliphatic rings. The third-order valence-corrected chi connectivity index (χ3v) is 3.82. The minimum atomic E-state index is 0.783. The van der Waals surface area contributed by atoms with Gasteiger partial charge in [0.1, 0.15) is 0 Å². The van der Waals surface area contributed by atoms with Gasteiger partial charge in [-0.25, -0.2) is 0 Å². The maximum Gasteiger partial charge on any atom is 0.0594 e. The Morgan fingerprint density at radius 2 is 1.93 bits per heavy atom. The Morgan fingerprint density at radius 3 is 2.53 bits per heavy atom. The van der Waals surface area contributed by atoms with Gasteiger partial charge in [0.25, 0.3) is 0 Å². The Balaban J connectivity index is 1.62. The zero-order chi connectivity index (χ0) is 10.7. The van der Waals surface area contributed by atoms with E-state index in [2.05, 4.69) is 23.6 Å². The Morgan fingerprint density at radius 1 is 1.27 bits per heavy atom. The molecule has 0 N–H and O–H groups in total. The second-order valence-electron chi connectivity index (χ2n) is 4.99. The molecule has 1 unspecified atom stereocenters. The Bertz CT molecular complexity index is 186. The normalized spacial score (nSPS) is 27.6. The van der Waals surface area contributed by atoms with Crippen molar-refractivity contribution in [2.45, 2.75) is 26.3 Å². The molecular formula is C12H24N2O. The lowest BCUT2D eigenvalue weighted by Gasteiger charge is -2.45. The number of hydrogen-bond donors (Lipinski definition) is 0. The topological polar surface area (TPSA) is 15.7 Å². The molecule has 3 heteroatoms. The van der Waals surface area contributed by atoms with Crippen LogP contribution in [0, 0.1) is 5.92 Å². The highest BCUT2D eigenvalue weighted by molar-refractivity contribution is 4.85. The average Bonchev–Trinajstić information content (AvgIpc) is 2.23. The molecule has 0 spiro atoms. The van der Waals surface area contributed by atoms with Crippen LogP contribution in [0.1, 0.15) is 20.3 Å². The maximum absolute atomic E-state index is 5.36. The van der Waals surface area contributed by atoms with Crippen LogP contribution in [0.2, 0.25) is 0 Å². The summed E-state index contributed by atoms with van der Waals surface area (Å²) in [4.78, 5) is 5.16. The fourth-order valence-electron chi connectivity index (χ4n) is 2.49. The van der Waals surface area contributed by atoms with Gasteiger partial charge in [-0.3, -0.25) is 9.80 Å². The Kier molecular flexibility index (Phi) is 4.00. The van der Waals surface area contributed by atoms with Gasteiger partial charge in [-0.2, -0.15) is 0 Å². The molecule has 0 aromatic heterocycles. The molecule has 0 radical (unpaired) electrons. The van der Waals surface area contributed by atoms with Gasteiger partial charge in [0, 0.05) is 38.8 Å². The SMILES string of the molecule is CCC(C)N1CC(CN2CCOCC2)C1. The van der Waals surface area contributed by atoms with Crippen LogP contribution in [-0.2, 0) is 4.74 Å². The standard InChI is InChI=1S/C12H24N2O/c1-3-11(2)14-9-12(10-14)8-13-4-6-15-7-5-13/h11-12H,3-10H2,1-2H3. The van der Waals surface area contributed by atoms with Crippen LogP contribution in [-0.4, -0.2) is 61.8 Å². The van der Waals surface area contributed by atoms with E-state index in [0.717, 1.165) is 38.3 Å². The van der Waals surface area contributed by atoms with Crippen LogP contribution in [0.15, 0.2) is 0 Å². The molecule has 15 heavy (non-hydrogen) atoms. The van der Waals surface area contributed by atoms with E-state index in [-0.39, 0.29) is 0 Å². The lowest BCUT2D eigenvalue weighted by atomic mass is 9.96. The van der Waals surface area contributed by atoms with E-state index >= 15 is 0 Å². The fourth-order valence-corrected chi connectivity index (χ4v) is 2.49. The molecule has 2 saturated heterocycles. The quantitative estimate of drug-likeness (QED) is 0.693. The van der Waals surface area contributed by atoms with Crippen molar-refractivity contribution in [2.75, 3.05) is 45.9 Å². The highest BCUT2D eigenvalue weighted by atomic mass is 16.5. The van der Waals surface area contributed by atoms with Crippen molar-refractivity contribution in [1.82, 2.24) is 9.80 Å². The molecule has 0 bridgehead atoms. The van der Waals surface area contributed by atoms with Gasteiger partial charge < -0.3 is 4.74 Å². The van der Waals surface area contributed by atoms with Crippen molar-refractivity contribution < 1.29 is 4.74 Å². The van der Waals surface area contributed by atoms with Gasteiger partial charge in [0.15, 0.2) is 0 Å². The highest BCUT2D eigenvalue weighted by Gasteiger charge is 2.30. The molecule has 0 aliphatic carbocycles. The third kappa shape index (κ3) is 2.92. The number of hydrogen-bond acceptors (Lipinski definition) is 3. The van der Waals surface area contributed by atoms with Crippen molar-refractivity contribution in [1.29, 1.82) is 0 Å². The zero-order valence-corrected chi connectivity index (χ0v) is 10.1. The summed E-state index contributed by atoms with van der Waals surface area (Å²) in [6.07, 6.45) is 1.28. The van der Waals surface area contributed by atoms with Crippen molar-refractivity contribution in [3.05, 3.63) is 0 Å². The van der Waals surface area contributed by atoms with Crippen molar-refractivity contribution in [3.63, 3.8) is 0 Å². The molecule has 3 nitrogen and oxygen atoms in total. The Hall–Kier alpha value is -0.120. The summed E-state index contributed by atoms with van der Waals surface area (Å²) in [5.74, 6) is 0.914. The molecule has 0 aromatic rings. The van der Waals surface area contributed by atoms with E-state index in [1.54, 1.807) is 0 Å². The Labute approximate surface area is 93.4 Å². The monoisotopic (exact) mass is 212 g/mol. The van der Waals surface area contributed by atoms with E-state index < -0.39 is 0 Å². The minimum absolute atomic E-state index is 0.783. The number of ether oxygens (including phenoxy) is 1. The van der Waals surface area contributed by atoms with Crippen LogP contribution in [0.25, 0.3) is 0 Å². The maximum atomic E-state index is 5.36. The minimum Gasteiger partial charge on any atom is -0.379 e. The van der Waals surface area contributed by atoms with E-state index in [1.165, 1.54) is 26.1 Å². The largest absolute Gasteiger partial charge is 0.379 e. The zero-order valence-electron chi connectivity index (χ0n) is 10.1. The molecule has 1 atom stereocenters. The van der Waals surface area contributed by atoms with E-state index in [9.17, 15) is 0 Å². The van der Waals surface area contributed by atoms with Crippen molar-refractivity contribution in [2.24, 2.45) is 5.92 Å². The van der Waals surface area contributed by atoms with Crippen molar-refractivity contribution in [3.8, 4) is 0 Å². The summed E-state index contributed by atoms with van der Waals surface area (Å²) in [6, 6.07) is 0.783. The molecule has 2 aliphatic heterocycles. The first-order chi connectivity index (χ1) is 7.29. The fraction of sp³-hybridized carbons (Fsp3) is 1.00. The summed E-state index contributed by atoms with van der Waals surface area (Å²) in [5, 5.41) is 0. The summed E-state index contributed by atoms with van der Waals surface area (Å²) in [6.45, 7) is 12.7. The van der Waals surface area contributed by atoms with Crippen LogP contribution < -0.4 is 0 Å². The van der Waals surface area contributed by atoms with E-state index in [1.807, 2.05) is 0 Å². The lowest BCUT2D eigenvalue weighted by molar-refractivity contribution is -0.00478. The summed E-state index contributed by atoms with van der Waals surface area (Å²) in [7, 11) is 0. The van der Waals surface area contributed by atoms with Crippen LogP contribution >= 0.6 is 0 Å². The molecule has 2 rings (SSSR count). The van der Waals surface area contributed by atoms with Gasteiger partial charge in [0.2, 0.25) is 0 Å².